The molecule has 1 aliphatic rings. The van der Waals surface area contributed by atoms with E-state index >= 15 is 0 Å². The average molecular weight is 296 g/mol. The van der Waals surface area contributed by atoms with E-state index in [1.54, 1.807) is 7.11 Å². The molecule has 22 heavy (non-hydrogen) atoms. The second kappa shape index (κ2) is 6.65. The zero-order valence-electron chi connectivity index (χ0n) is 12.7. The van der Waals surface area contributed by atoms with Crippen LogP contribution in [0.2, 0.25) is 0 Å². The standard InChI is InChI=1S/C19H20O3/c1-21-16-11-9-14(10-12-16)13-19(20)22-18-8-4-6-15-5-2-3-7-17(15)18/h2-3,5,7,9-12,18H,4,6,8,13H2,1H3/t18-/m0/s1. The number of hydrogen-bond acceptors (Lipinski definition) is 3. The zero-order valence-corrected chi connectivity index (χ0v) is 12.7. The van der Waals surface area contributed by atoms with Gasteiger partial charge in [-0.3, -0.25) is 4.79 Å². The number of methoxy groups -OCH3 is 1. The third-order valence-electron chi connectivity index (χ3n) is 4.10. The lowest BCUT2D eigenvalue weighted by molar-refractivity contribution is -0.149. The predicted molar refractivity (Wildman–Crippen MR) is 84.9 cm³/mol. The summed E-state index contributed by atoms with van der Waals surface area (Å²) in [6.45, 7) is 0. The highest BCUT2D eigenvalue weighted by Gasteiger charge is 2.23. The summed E-state index contributed by atoms with van der Waals surface area (Å²) in [5.41, 5.74) is 3.41. The van der Waals surface area contributed by atoms with Crippen LogP contribution in [0.4, 0.5) is 0 Å². The molecule has 0 radical (unpaired) electrons. The topological polar surface area (TPSA) is 35.5 Å². The highest BCUT2D eigenvalue weighted by molar-refractivity contribution is 5.73. The van der Waals surface area contributed by atoms with E-state index in [2.05, 4.69) is 12.1 Å². The Balaban J connectivity index is 1.65. The molecule has 3 heteroatoms. The van der Waals surface area contributed by atoms with Crippen molar-refractivity contribution in [2.24, 2.45) is 0 Å². The summed E-state index contributed by atoms with van der Waals surface area (Å²) in [5.74, 6) is 0.616. The summed E-state index contributed by atoms with van der Waals surface area (Å²) < 4.78 is 10.8. The largest absolute Gasteiger partial charge is 0.497 e. The summed E-state index contributed by atoms with van der Waals surface area (Å²) in [6, 6.07) is 15.8. The maximum Gasteiger partial charge on any atom is 0.310 e. The highest BCUT2D eigenvalue weighted by Crippen LogP contribution is 2.32. The Hall–Kier alpha value is -2.29. The maximum absolute atomic E-state index is 12.2. The Morgan fingerprint density at radius 1 is 1.14 bits per heavy atom. The Kier molecular flexibility index (Phi) is 4.42. The van der Waals surface area contributed by atoms with Gasteiger partial charge in [-0.15, -0.1) is 0 Å². The Labute approximate surface area is 130 Å². The van der Waals surface area contributed by atoms with Gasteiger partial charge in [-0.1, -0.05) is 36.4 Å². The van der Waals surface area contributed by atoms with Crippen molar-refractivity contribution in [3.05, 3.63) is 65.2 Å². The third kappa shape index (κ3) is 3.30. The molecule has 1 atom stereocenters. The number of carbonyl (C=O) groups is 1. The van der Waals surface area contributed by atoms with Gasteiger partial charge in [0.2, 0.25) is 0 Å². The van der Waals surface area contributed by atoms with Crippen molar-refractivity contribution in [3.63, 3.8) is 0 Å². The van der Waals surface area contributed by atoms with Crippen molar-refractivity contribution in [1.82, 2.24) is 0 Å². The minimum absolute atomic E-state index is 0.101. The molecule has 0 aliphatic heterocycles. The van der Waals surface area contributed by atoms with Crippen LogP contribution in [-0.2, 0) is 22.4 Å². The lowest BCUT2D eigenvalue weighted by Gasteiger charge is -2.25. The molecule has 0 heterocycles. The van der Waals surface area contributed by atoms with Gasteiger partial charge in [0.1, 0.15) is 11.9 Å². The first kappa shape index (κ1) is 14.6. The number of esters is 1. The minimum Gasteiger partial charge on any atom is -0.497 e. The fourth-order valence-corrected chi connectivity index (χ4v) is 2.94. The number of aryl methyl sites for hydroxylation is 1. The van der Waals surface area contributed by atoms with Gasteiger partial charge in [0.25, 0.3) is 0 Å². The number of rotatable bonds is 4. The monoisotopic (exact) mass is 296 g/mol. The molecule has 0 unspecified atom stereocenters. The van der Waals surface area contributed by atoms with Crippen molar-refractivity contribution in [3.8, 4) is 5.75 Å². The predicted octanol–water partition coefficient (Wildman–Crippen LogP) is 3.86. The van der Waals surface area contributed by atoms with Crippen LogP contribution >= 0.6 is 0 Å². The van der Waals surface area contributed by atoms with Gasteiger partial charge in [-0.25, -0.2) is 0 Å². The average Bonchev–Trinajstić information content (AvgIpc) is 2.56. The lowest BCUT2D eigenvalue weighted by Crippen LogP contribution is -2.18. The van der Waals surface area contributed by atoms with Crippen LogP contribution in [0.3, 0.4) is 0 Å². The molecule has 0 saturated carbocycles. The van der Waals surface area contributed by atoms with Gasteiger partial charge in [0.15, 0.2) is 0 Å². The number of hydrogen-bond donors (Lipinski definition) is 0. The molecular weight excluding hydrogens is 276 g/mol. The molecule has 2 aromatic rings. The Morgan fingerprint density at radius 3 is 2.68 bits per heavy atom. The molecule has 2 aromatic carbocycles. The first-order chi connectivity index (χ1) is 10.8. The van der Waals surface area contributed by atoms with E-state index in [1.165, 1.54) is 5.56 Å². The van der Waals surface area contributed by atoms with Crippen molar-refractivity contribution >= 4 is 5.97 Å². The molecule has 114 valence electrons. The molecule has 1 aliphatic carbocycles. The zero-order chi connectivity index (χ0) is 15.4. The van der Waals surface area contributed by atoms with Crippen molar-refractivity contribution < 1.29 is 14.3 Å². The Bertz CT molecular complexity index is 646. The smallest absolute Gasteiger partial charge is 0.310 e. The molecule has 0 bridgehead atoms. The number of carbonyl (C=O) groups excluding carboxylic acids is 1. The van der Waals surface area contributed by atoms with Crippen molar-refractivity contribution in [2.45, 2.75) is 31.8 Å². The molecule has 0 spiro atoms. The molecule has 3 rings (SSSR count). The van der Waals surface area contributed by atoms with Crippen molar-refractivity contribution in [1.29, 1.82) is 0 Å². The second-order valence-electron chi connectivity index (χ2n) is 5.59. The maximum atomic E-state index is 12.2. The van der Waals surface area contributed by atoms with E-state index in [4.69, 9.17) is 9.47 Å². The quantitative estimate of drug-likeness (QED) is 0.804. The van der Waals surface area contributed by atoms with Crippen LogP contribution in [-0.4, -0.2) is 13.1 Å². The van der Waals surface area contributed by atoms with E-state index in [1.807, 2.05) is 36.4 Å². The number of benzene rings is 2. The van der Waals surface area contributed by atoms with Gasteiger partial charge in [0, 0.05) is 0 Å². The van der Waals surface area contributed by atoms with E-state index in [9.17, 15) is 4.79 Å². The minimum atomic E-state index is -0.174. The van der Waals surface area contributed by atoms with E-state index < -0.39 is 0 Å². The summed E-state index contributed by atoms with van der Waals surface area (Å²) in [5, 5.41) is 0. The molecule has 0 fully saturated rings. The molecular formula is C19H20O3. The summed E-state index contributed by atoms with van der Waals surface area (Å²) in [7, 11) is 1.63. The second-order valence-corrected chi connectivity index (χ2v) is 5.59. The van der Waals surface area contributed by atoms with E-state index in [-0.39, 0.29) is 12.1 Å². The van der Waals surface area contributed by atoms with Crippen molar-refractivity contribution in [2.75, 3.05) is 7.11 Å². The molecule has 0 N–H and O–H groups in total. The van der Waals surface area contributed by atoms with E-state index in [0.29, 0.717) is 6.42 Å². The van der Waals surface area contributed by atoms with Crippen LogP contribution in [0, 0.1) is 0 Å². The fraction of sp³-hybridized carbons (Fsp3) is 0.316. The van der Waals surface area contributed by atoms with Gasteiger partial charge in [0.05, 0.1) is 13.5 Å². The molecule has 3 nitrogen and oxygen atoms in total. The molecule has 0 saturated heterocycles. The molecule has 0 aromatic heterocycles. The van der Waals surface area contributed by atoms with Crippen LogP contribution in [0.25, 0.3) is 0 Å². The third-order valence-corrected chi connectivity index (χ3v) is 4.10. The highest BCUT2D eigenvalue weighted by atomic mass is 16.5. The van der Waals surface area contributed by atoms with E-state index in [0.717, 1.165) is 36.1 Å². The van der Waals surface area contributed by atoms with Gasteiger partial charge in [-0.2, -0.15) is 0 Å². The van der Waals surface area contributed by atoms with Crippen LogP contribution in [0.1, 0.15) is 35.6 Å². The van der Waals surface area contributed by atoms with Crippen LogP contribution in [0.5, 0.6) is 5.75 Å². The van der Waals surface area contributed by atoms with Gasteiger partial charge in [-0.05, 0) is 48.1 Å². The van der Waals surface area contributed by atoms with Crippen LogP contribution in [0.15, 0.2) is 48.5 Å². The lowest BCUT2D eigenvalue weighted by atomic mass is 9.89. The summed E-state index contributed by atoms with van der Waals surface area (Å²) in [4.78, 5) is 12.2. The van der Waals surface area contributed by atoms with Gasteiger partial charge >= 0.3 is 5.97 Å². The number of ether oxygens (including phenoxy) is 2. The first-order valence-electron chi connectivity index (χ1n) is 7.66. The SMILES string of the molecule is COc1ccc(CC(=O)O[C@H]2CCCc3ccccc32)cc1. The molecule has 0 amide bonds. The van der Waals surface area contributed by atoms with Crippen LogP contribution < -0.4 is 4.74 Å². The normalized spacial score (nSPS) is 16.7. The number of fused-ring (bicyclic) bond motifs is 1. The fourth-order valence-electron chi connectivity index (χ4n) is 2.94. The summed E-state index contributed by atoms with van der Waals surface area (Å²) in [6.07, 6.45) is 3.24. The van der Waals surface area contributed by atoms with Gasteiger partial charge < -0.3 is 9.47 Å². The Morgan fingerprint density at radius 2 is 1.91 bits per heavy atom. The first-order valence-corrected chi connectivity index (χ1v) is 7.66. The summed E-state index contributed by atoms with van der Waals surface area (Å²) >= 11 is 0.